The van der Waals surface area contributed by atoms with E-state index in [1.807, 2.05) is 12.1 Å². The number of nitrogens with zero attached hydrogens (tertiary/aromatic N) is 2. The van der Waals surface area contributed by atoms with Crippen LogP contribution in [0.2, 0.25) is 5.02 Å². The molecular formula is C21H25ClN4O3. The molecule has 1 heterocycles. The first-order valence-corrected chi connectivity index (χ1v) is 10.3. The van der Waals surface area contributed by atoms with Gasteiger partial charge < -0.3 is 15.4 Å². The van der Waals surface area contributed by atoms with Crippen molar-refractivity contribution in [1.82, 2.24) is 15.5 Å². The summed E-state index contributed by atoms with van der Waals surface area (Å²) in [5.41, 5.74) is 0. The molecule has 8 heteroatoms. The third-order valence-corrected chi connectivity index (χ3v) is 6.14. The maximum Gasteiger partial charge on any atom is 0.233 e. The predicted octanol–water partition coefficient (Wildman–Crippen LogP) is 1.69. The molecule has 3 aliphatic rings. The molecular weight excluding hydrogens is 392 g/mol. The van der Waals surface area contributed by atoms with Crippen molar-refractivity contribution in [3.8, 4) is 5.75 Å². The van der Waals surface area contributed by atoms with Crippen LogP contribution in [0.4, 0.5) is 0 Å². The lowest BCUT2D eigenvalue weighted by Crippen LogP contribution is -2.44. The van der Waals surface area contributed by atoms with E-state index in [0.717, 1.165) is 12.2 Å². The van der Waals surface area contributed by atoms with E-state index in [9.17, 15) is 9.59 Å². The highest BCUT2D eigenvalue weighted by molar-refractivity contribution is 6.30. The summed E-state index contributed by atoms with van der Waals surface area (Å²) < 4.78 is 5.63. The third kappa shape index (κ3) is 3.96. The molecule has 1 saturated heterocycles. The van der Waals surface area contributed by atoms with Crippen LogP contribution in [-0.2, 0) is 9.59 Å². The molecule has 0 spiro atoms. The normalized spacial score (nSPS) is 27.5. The van der Waals surface area contributed by atoms with Gasteiger partial charge in [-0.1, -0.05) is 23.8 Å². The van der Waals surface area contributed by atoms with Crippen LogP contribution in [0, 0.1) is 23.7 Å². The number of rotatable bonds is 7. The van der Waals surface area contributed by atoms with Crippen molar-refractivity contribution >= 4 is 29.4 Å². The van der Waals surface area contributed by atoms with Gasteiger partial charge in [0.05, 0.1) is 18.4 Å². The lowest BCUT2D eigenvalue weighted by atomic mass is 9.85. The maximum absolute atomic E-state index is 12.7. The van der Waals surface area contributed by atoms with Gasteiger partial charge in [0.25, 0.3) is 0 Å². The summed E-state index contributed by atoms with van der Waals surface area (Å²) in [5.74, 6) is 1.53. The van der Waals surface area contributed by atoms with Crippen LogP contribution < -0.4 is 15.4 Å². The Bertz CT molecular complexity index is 809. The average Bonchev–Trinajstić information content (AvgIpc) is 3.40. The van der Waals surface area contributed by atoms with E-state index in [1.54, 1.807) is 19.2 Å². The number of carbonyl (C=O) groups is 2. The van der Waals surface area contributed by atoms with E-state index in [4.69, 9.17) is 16.3 Å². The van der Waals surface area contributed by atoms with Crippen LogP contribution >= 0.6 is 11.6 Å². The minimum absolute atomic E-state index is 0.0158. The second-order valence-electron chi connectivity index (χ2n) is 7.56. The van der Waals surface area contributed by atoms with Crippen molar-refractivity contribution < 1.29 is 14.3 Å². The fourth-order valence-electron chi connectivity index (χ4n) is 4.56. The van der Waals surface area contributed by atoms with Crippen LogP contribution in [0.1, 0.15) is 6.42 Å². The monoisotopic (exact) mass is 416 g/mol. The van der Waals surface area contributed by atoms with Gasteiger partial charge in [-0.25, -0.2) is 0 Å². The van der Waals surface area contributed by atoms with Crippen molar-refractivity contribution in [2.45, 2.75) is 6.42 Å². The number of nitrogens with one attached hydrogen (secondary N) is 2. The Kier molecular flexibility index (Phi) is 5.76. The first kappa shape index (κ1) is 19.8. The topological polar surface area (TPSA) is 83.0 Å². The number of carbonyl (C=O) groups excluding carboxylic acids is 2. The molecule has 2 amide bonds. The van der Waals surface area contributed by atoms with Crippen LogP contribution in [0.3, 0.4) is 0 Å². The van der Waals surface area contributed by atoms with Crippen molar-refractivity contribution in [3.05, 3.63) is 41.4 Å². The zero-order valence-corrected chi connectivity index (χ0v) is 17.1. The molecule has 1 aromatic carbocycles. The fraction of sp³-hybridized carbons (Fsp3) is 0.476. The molecule has 2 fully saturated rings. The summed E-state index contributed by atoms with van der Waals surface area (Å²) in [7, 11) is 1.68. The molecule has 154 valence electrons. The average molecular weight is 417 g/mol. The first-order valence-electron chi connectivity index (χ1n) is 9.95. The number of fused-ring (bicyclic) bond motifs is 5. The molecule has 4 unspecified atom stereocenters. The van der Waals surface area contributed by atoms with E-state index in [-0.39, 0.29) is 35.5 Å². The highest BCUT2D eigenvalue weighted by Crippen LogP contribution is 2.52. The maximum atomic E-state index is 12.7. The Labute approximate surface area is 175 Å². The quantitative estimate of drug-likeness (QED) is 0.232. The molecule has 29 heavy (non-hydrogen) atoms. The number of allylic oxidation sites excluding steroid dienone is 2. The Morgan fingerprint density at radius 3 is 2.34 bits per heavy atom. The van der Waals surface area contributed by atoms with E-state index in [0.29, 0.717) is 37.2 Å². The minimum atomic E-state index is -0.139. The van der Waals surface area contributed by atoms with Gasteiger partial charge in [-0.15, -0.1) is 0 Å². The van der Waals surface area contributed by atoms with Gasteiger partial charge in [0.15, 0.2) is 5.96 Å². The molecule has 1 aromatic rings. The summed E-state index contributed by atoms with van der Waals surface area (Å²) >= 11 is 5.85. The molecule has 2 N–H and O–H groups in total. The van der Waals surface area contributed by atoms with Crippen LogP contribution in [0.25, 0.3) is 0 Å². The molecule has 4 rings (SSSR count). The number of halogens is 1. The van der Waals surface area contributed by atoms with Crippen LogP contribution in [0.5, 0.6) is 5.75 Å². The third-order valence-electron chi connectivity index (χ3n) is 5.89. The number of imide groups is 1. The summed E-state index contributed by atoms with van der Waals surface area (Å²) in [6.07, 6.45) is 5.17. The summed E-state index contributed by atoms with van der Waals surface area (Å²) in [5, 5.41) is 6.97. The van der Waals surface area contributed by atoms with E-state index in [1.165, 1.54) is 4.90 Å². The zero-order valence-electron chi connectivity index (χ0n) is 16.3. The van der Waals surface area contributed by atoms with Gasteiger partial charge in [0.1, 0.15) is 12.4 Å². The highest BCUT2D eigenvalue weighted by Gasteiger charge is 2.58. The van der Waals surface area contributed by atoms with E-state index in [2.05, 4.69) is 27.8 Å². The first-order chi connectivity index (χ1) is 14.1. The number of guanidine groups is 1. The number of aliphatic imine (C=N–C) groups is 1. The van der Waals surface area contributed by atoms with Gasteiger partial charge in [0, 0.05) is 25.2 Å². The SMILES string of the molecule is CN=C(NCCOc1ccc(Cl)cc1)NCCN1C(=O)C2C3C=CC(C3)C2C1=O. The van der Waals surface area contributed by atoms with Gasteiger partial charge in [-0.2, -0.15) is 0 Å². The molecule has 7 nitrogen and oxygen atoms in total. The Morgan fingerprint density at radius 2 is 1.72 bits per heavy atom. The van der Waals surface area contributed by atoms with E-state index >= 15 is 0 Å². The summed E-state index contributed by atoms with van der Waals surface area (Å²) in [4.78, 5) is 30.9. The standard InChI is InChI=1S/C21H25ClN4O3/c1-23-21(25-9-11-29-16-6-4-15(22)5-7-16)24-8-10-26-19(27)17-13-2-3-14(12-13)18(17)20(26)28/h2-7,13-14,17-18H,8-12H2,1H3,(H2,23,24,25). The number of amides is 2. The molecule has 0 radical (unpaired) electrons. The second-order valence-corrected chi connectivity index (χ2v) is 7.99. The second kappa shape index (κ2) is 8.45. The fourth-order valence-corrected chi connectivity index (χ4v) is 4.69. The van der Waals surface area contributed by atoms with Crippen molar-refractivity contribution in [2.75, 3.05) is 33.3 Å². The van der Waals surface area contributed by atoms with Gasteiger partial charge in [0.2, 0.25) is 11.8 Å². The van der Waals surface area contributed by atoms with Crippen molar-refractivity contribution in [3.63, 3.8) is 0 Å². The number of benzene rings is 1. The minimum Gasteiger partial charge on any atom is -0.492 e. The molecule has 2 bridgehead atoms. The van der Waals surface area contributed by atoms with Crippen LogP contribution in [-0.4, -0.2) is 56.0 Å². The van der Waals surface area contributed by atoms with Gasteiger partial charge >= 0.3 is 0 Å². The molecule has 0 aromatic heterocycles. The highest BCUT2D eigenvalue weighted by atomic mass is 35.5. The summed E-state index contributed by atoms with van der Waals surface area (Å²) in [6.45, 7) is 1.83. The van der Waals surface area contributed by atoms with Crippen LogP contribution in [0.15, 0.2) is 41.4 Å². The predicted molar refractivity (Wildman–Crippen MR) is 111 cm³/mol. The van der Waals surface area contributed by atoms with E-state index < -0.39 is 0 Å². The number of hydrogen-bond donors (Lipinski definition) is 2. The zero-order chi connectivity index (χ0) is 20.4. The summed E-state index contributed by atoms with van der Waals surface area (Å²) in [6, 6.07) is 7.19. The lowest BCUT2D eigenvalue weighted by Gasteiger charge is -2.18. The van der Waals surface area contributed by atoms with Crippen molar-refractivity contribution in [1.29, 1.82) is 0 Å². The molecule has 2 aliphatic carbocycles. The number of hydrogen-bond acceptors (Lipinski definition) is 4. The smallest absolute Gasteiger partial charge is 0.233 e. The number of likely N-dealkylation sites (tertiary alicyclic amines) is 1. The Balaban J connectivity index is 1.18. The number of ether oxygens (including phenoxy) is 1. The lowest BCUT2D eigenvalue weighted by molar-refractivity contribution is -0.140. The largest absolute Gasteiger partial charge is 0.492 e. The molecule has 1 aliphatic heterocycles. The Morgan fingerprint density at radius 1 is 1.10 bits per heavy atom. The molecule has 4 atom stereocenters. The van der Waals surface area contributed by atoms with Gasteiger partial charge in [-0.3, -0.25) is 19.5 Å². The molecule has 1 saturated carbocycles. The van der Waals surface area contributed by atoms with Gasteiger partial charge in [-0.05, 0) is 42.5 Å². The Hall–Kier alpha value is -2.54. The van der Waals surface area contributed by atoms with Crippen molar-refractivity contribution in [2.24, 2.45) is 28.7 Å².